The fourth-order valence-electron chi connectivity index (χ4n) is 3.14. The lowest BCUT2D eigenvalue weighted by Gasteiger charge is -2.23. The number of nitrogens with one attached hydrogen (secondary N) is 1. The summed E-state index contributed by atoms with van der Waals surface area (Å²) < 4.78 is 22.8. The number of hydrogen-bond donors (Lipinski definition) is 1. The molecule has 5 heteroatoms. The second-order valence-electron chi connectivity index (χ2n) is 7.25. The van der Waals surface area contributed by atoms with Crippen molar-refractivity contribution in [1.82, 2.24) is 0 Å². The zero-order valence-electron chi connectivity index (χ0n) is 17.2. The van der Waals surface area contributed by atoms with E-state index in [9.17, 15) is 0 Å². The summed E-state index contributed by atoms with van der Waals surface area (Å²) in [4.78, 5) is 0. The number of benzene rings is 2. The third kappa shape index (κ3) is 7.09. The van der Waals surface area contributed by atoms with Gasteiger partial charge >= 0.3 is 0 Å². The molecule has 1 atom stereocenters. The minimum atomic E-state index is -0.166. The molecule has 5 nitrogen and oxygen atoms in total. The average Bonchev–Trinajstić information content (AvgIpc) is 2.76. The number of unbranched alkanes of at least 4 members (excludes halogenated alkanes) is 3. The van der Waals surface area contributed by atoms with Gasteiger partial charge in [-0.05, 0) is 67.8 Å². The first-order valence-corrected chi connectivity index (χ1v) is 10.6. The van der Waals surface area contributed by atoms with E-state index in [0.717, 1.165) is 50.4 Å². The van der Waals surface area contributed by atoms with Gasteiger partial charge in [0.1, 0.15) is 17.2 Å². The van der Waals surface area contributed by atoms with E-state index < -0.39 is 0 Å². The van der Waals surface area contributed by atoms with Crippen LogP contribution in [0.4, 0.5) is 0 Å². The van der Waals surface area contributed by atoms with Gasteiger partial charge < -0.3 is 18.9 Å². The normalized spacial score (nSPS) is 16.2. The van der Waals surface area contributed by atoms with Crippen LogP contribution >= 0.6 is 0 Å². The fraction of sp³-hybridized carbons (Fsp3) is 0.458. The molecule has 1 saturated heterocycles. The van der Waals surface area contributed by atoms with Crippen molar-refractivity contribution in [2.24, 2.45) is 0 Å². The second kappa shape index (κ2) is 11.5. The Bertz CT molecular complexity index is 736. The molecule has 0 amide bonds. The van der Waals surface area contributed by atoms with Crippen molar-refractivity contribution in [3.8, 4) is 17.2 Å². The predicted octanol–water partition coefficient (Wildman–Crippen LogP) is 5.96. The van der Waals surface area contributed by atoms with Gasteiger partial charge in [0.15, 0.2) is 6.29 Å². The Kier molecular flexibility index (Phi) is 8.38. The average molecular weight is 398 g/mol. The van der Waals surface area contributed by atoms with Crippen LogP contribution in [-0.2, 0) is 4.74 Å². The van der Waals surface area contributed by atoms with Crippen LogP contribution in [0.2, 0.25) is 0 Å². The second-order valence-corrected chi connectivity index (χ2v) is 7.25. The highest BCUT2D eigenvalue weighted by Gasteiger charge is 2.15. The van der Waals surface area contributed by atoms with Gasteiger partial charge in [0.25, 0.3) is 0 Å². The van der Waals surface area contributed by atoms with Gasteiger partial charge in [-0.15, -0.1) is 0 Å². The van der Waals surface area contributed by atoms with Gasteiger partial charge in [0, 0.05) is 12.0 Å². The molecular weight excluding hydrogens is 366 g/mol. The lowest BCUT2D eigenvalue weighted by atomic mass is 10.2. The van der Waals surface area contributed by atoms with Gasteiger partial charge in [-0.3, -0.25) is 5.41 Å². The van der Waals surface area contributed by atoms with Crippen LogP contribution in [0, 0.1) is 5.41 Å². The Hall–Kier alpha value is -2.53. The molecule has 0 aromatic heterocycles. The standard InChI is InChI=1S/C24H31NO4/c1-2-3-4-6-17-26-20-11-9-19(10-12-20)24(25)29-22-15-13-21(14-16-22)28-23-8-5-7-18-27-23/h9-16,23,25H,2-8,17-18H2,1H3. The van der Waals surface area contributed by atoms with Crippen LogP contribution in [0.15, 0.2) is 48.5 Å². The third-order valence-corrected chi connectivity index (χ3v) is 4.83. The smallest absolute Gasteiger partial charge is 0.219 e. The lowest BCUT2D eigenvalue weighted by molar-refractivity contribution is -0.105. The summed E-state index contributed by atoms with van der Waals surface area (Å²) in [6.45, 7) is 3.69. The molecule has 0 saturated carbocycles. The van der Waals surface area contributed by atoms with Crippen LogP contribution in [0.5, 0.6) is 17.2 Å². The van der Waals surface area contributed by atoms with Gasteiger partial charge in [-0.25, -0.2) is 0 Å². The first-order valence-electron chi connectivity index (χ1n) is 10.6. The molecule has 0 radical (unpaired) electrons. The Labute approximate surface area is 173 Å². The van der Waals surface area contributed by atoms with E-state index in [1.54, 1.807) is 12.1 Å². The monoisotopic (exact) mass is 397 g/mol. The summed E-state index contributed by atoms with van der Waals surface area (Å²) in [5.74, 6) is 2.27. The van der Waals surface area contributed by atoms with Gasteiger partial charge in [-0.2, -0.15) is 0 Å². The van der Waals surface area contributed by atoms with Gasteiger partial charge in [-0.1, -0.05) is 26.2 Å². The van der Waals surface area contributed by atoms with Crippen molar-refractivity contribution in [2.75, 3.05) is 13.2 Å². The molecule has 3 rings (SSSR count). The molecule has 0 bridgehead atoms. The third-order valence-electron chi connectivity index (χ3n) is 4.83. The van der Waals surface area contributed by atoms with Crippen LogP contribution in [-0.4, -0.2) is 25.4 Å². The van der Waals surface area contributed by atoms with E-state index in [1.807, 2.05) is 36.4 Å². The maximum atomic E-state index is 8.20. The molecule has 1 unspecified atom stereocenters. The summed E-state index contributed by atoms with van der Waals surface area (Å²) in [7, 11) is 0. The first kappa shape index (κ1) is 21.2. The first-order chi connectivity index (χ1) is 14.2. The number of hydrogen-bond acceptors (Lipinski definition) is 5. The quantitative estimate of drug-likeness (QED) is 0.305. The van der Waals surface area contributed by atoms with Crippen molar-refractivity contribution < 1.29 is 18.9 Å². The SMILES string of the molecule is CCCCCCOc1ccc(C(=N)Oc2ccc(OC3CCCCO3)cc2)cc1. The Morgan fingerprint density at radius 1 is 0.931 bits per heavy atom. The summed E-state index contributed by atoms with van der Waals surface area (Å²) >= 11 is 0. The number of ether oxygens (including phenoxy) is 4. The predicted molar refractivity (Wildman–Crippen MR) is 114 cm³/mol. The van der Waals surface area contributed by atoms with Crippen LogP contribution in [0.1, 0.15) is 57.4 Å². The van der Waals surface area contributed by atoms with Crippen molar-refractivity contribution in [3.05, 3.63) is 54.1 Å². The number of rotatable bonds is 10. The fourth-order valence-corrected chi connectivity index (χ4v) is 3.14. The molecule has 0 aliphatic carbocycles. The van der Waals surface area contributed by atoms with Crippen molar-refractivity contribution in [2.45, 2.75) is 58.2 Å². The molecule has 2 aromatic carbocycles. The zero-order valence-corrected chi connectivity index (χ0v) is 17.2. The van der Waals surface area contributed by atoms with E-state index >= 15 is 0 Å². The molecule has 1 N–H and O–H groups in total. The molecule has 1 heterocycles. The molecule has 1 aliphatic rings. The maximum Gasteiger partial charge on any atom is 0.219 e. The van der Waals surface area contributed by atoms with E-state index in [4.69, 9.17) is 24.4 Å². The summed E-state index contributed by atoms with van der Waals surface area (Å²) in [5, 5.41) is 8.20. The van der Waals surface area contributed by atoms with Gasteiger partial charge in [0.2, 0.25) is 5.90 Å². The Morgan fingerprint density at radius 2 is 1.66 bits per heavy atom. The molecule has 1 aliphatic heterocycles. The molecule has 1 fully saturated rings. The van der Waals surface area contributed by atoms with Gasteiger partial charge in [0.05, 0.1) is 13.2 Å². The lowest BCUT2D eigenvalue weighted by Crippen LogP contribution is -2.24. The largest absolute Gasteiger partial charge is 0.494 e. The Morgan fingerprint density at radius 3 is 2.34 bits per heavy atom. The molecular formula is C24H31NO4. The van der Waals surface area contributed by atoms with E-state index in [0.29, 0.717) is 11.3 Å². The molecule has 2 aromatic rings. The highest BCUT2D eigenvalue weighted by atomic mass is 16.7. The Balaban J connectivity index is 1.45. The van der Waals surface area contributed by atoms with E-state index in [2.05, 4.69) is 6.92 Å². The summed E-state index contributed by atoms with van der Waals surface area (Å²) in [6.07, 6.45) is 7.72. The highest BCUT2D eigenvalue weighted by molar-refractivity contribution is 5.93. The summed E-state index contributed by atoms with van der Waals surface area (Å²) in [5.41, 5.74) is 0.708. The van der Waals surface area contributed by atoms with E-state index in [-0.39, 0.29) is 12.2 Å². The summed E-state index contributed by atoms with van der Waals surface area (Å²) in [6, 6.07) is 14.8. The highest BCUT2D eigenvalue weighted by Crippen LogP contribution is 2.23. The minimum absolute atomic E-state index is 0.101. The maximum absolute atomic E-state index is 8.20. The zero-order chi connectivity index (χ0) is 20.3. The van der Waals surface area contributed by atoms with Crippen LogP contribution in [0.3, 0.4) is 0 Å². The topological polar surface area (TPSA) is 60.8 Å². The van der Waals surface area contributed by atoms with Crippen molar-refractivity contribution >= 4 is 5.90 Å². The molecule has 0 spiro atoms. The molecule has 156 valence electrons. The van der Waals surface area contributed by atoms with Crippen LogP contribution < -0.4 is 14.2 Å². The van der Waals surface area contributed by atoms with Crippen LogP contribution in [0.25, 0.3) is 0 Å². The molecule has 29 heavy (non-hydrogen) atoms. The van der Waals surface area contributed by atoms with Crippen molar-refractivity contribution in [3.63, 3.8) is 0 Å². The van der Waals surface area contributed by atoms with E-state index in [1.165, 1.54) is 19.3 Å². The minimum Gasteiger partial charge on any atom is -0.494 e. The van der Waals surface area contributed by atoms with Crippen molar-refractivity contribution in [1.29, 1.82) is 5.41 Å².